The Hall–Kier alpha value is -1.27. The van der Waals surface area contributed by atoms with Crippen molar-refractivity contribution in [1.82, 2.24) is 4.98 Å². The maximum atomic E-state index is 13.1. The fraction of sp³-hybridized carbons (Fsp3) is 0.167. The van der Waals surface area contributed by atoms with Gasteiger partial charge in [-0.2, -0.15) is 0 Å². The van der Waals surface area contributed by atoms with E-state index in [0.717, 1.165) is 0 Å². The minimum absolute atomic E-state index is 0.0159. The number of carbonyl (C=O) groups is 1. The summed E-state index contributed by atoms with van der Waals surface area (Å²) in [4.78, 5) is 15.8. The number of ketones is 1. The molecule has 6 heteroatoms. The molecule has 0 radical (unpaired) electrons. The van der Waals surface area contributed by atoms with Crippen LogP contribution in [0.5, 0.6) is 0 Å². The number of carbonyl (C=O) groups excluding carboxylic acids is 1. The molecule has 0 unspecified atom stereocenters. The first-order valence-corrected chi connectivity index (χ1v) is 6.87. The Morgan fingerprint density at radius 2 is 2.17 bits per heavy atom. The van der Waals surface area contributed by atoms with Gasteiger partial charge in [0.05, 0.1) is 5.69 Å². The van der Waals surface area contributed by atoms with E-state index in [-0.39, 0.29) is 24.4 Å². The highest BCUT2D eigenvalue weighted by atomic mass is 79.9. The zero-order valence-corrected chi connectivity index (χ0v) is 11.7. The fourth-order valence-electron chi connectivity index (χ4n) is 1.61. The second-order valence-electron chi connectivity index (χ2n) is 3.85. The van der Waals surface area contributed by atoms with E-state index >= 15 is 0 Å². The summed E-state index contributed by atoms with van der Waals surface area (Å²) in [5.74, 6) is -0.372. The van der Waals surface area contributed by atoms with Gasteiger partial charge in [0.1, 0.15) is 11.6 Å². The third kappa shape index (κ3) is 3.61. The second kappa shape index (κ2) is 5.58. The maximum absolute atomic E-state index is 13.1. The summed E-state index contributed by atoms with van der Waals surface area (Å²) < 4.78 is 13.8. The van der Waals surface area contributed by atoms with Crippen molar-refractivity contribution >= 4 is 38.2 Å². The number of nitrogen functional groups attached to an aromatic ring is 1. The van der Waals surface area contributed by atoms with Crippen LogP contribution in [-0.4, -0.2) is 10.8 Å². The normalized spacial score (nSPS) is 10.6. The molecule has 3 nitrogen and oxygen atoms in total. The molecule has 0 aliphatic rings. The van der Waals surface area contributed by atoms with Crippen molar-refractivity contribution in [1.29, 1.82) is 0 Å². The Kier molecular flexibility index (Phi) is 4.08. The number of nitrogens with two attached hydrogens (primary N) is 1. The molecule has 0 spiro atoms. The molecule has 0 atom stereocenters. The minimum Gasteiger partial charge on any atom is -0.375 e. The number of rotatable bonds is 4. The van der Waals surface area contributed by atoms with Crippen LogP contribution in [0.25, 0.3) is 0 Å². The molecule has 18 heavy (non-hydrogen) atoms. The summed E-state index contributed by atoms with van der Waals surface area (Å²) in [7, 11) is 0. The van der Waals surface area contributed by atoms with Gasteiger partial charge in [-0.15, -0.1) is 11.3 Å². The van der Waals surface area contributed by atoms with E-state index in [1.54, 1.807) is 11.4 Å². The van der Waals surface area contributed by atoms with Gasteiger partial charge >= 0.3 is 0 Å². The summed E-state index contributed by atoms with van der Waals surface area (Å²) in [5.41, 5.74) is 6.80. The highest BCUT2D eigenvalue weighted by molar-refractivity contribution is 9.10. The number of hydrogen-bond acceptors (Lipinski definition) is 4. The molecule has 2 aromatic rings. The molecule has 94 valence electrons. The van der Waals surface area contributed by atoms with Crippen molar-refractivity contribution in [2.75, 3.05) is 5.73 Å². The molecule has 2 rings (SSSR count). The first-order valence-electron chi connectivity index (χ1n) is 5.19. The highest BCUT2D eigenvalue weighted by Gasteiger charge is 2.09. The first kappa shape index (κ1) is 13.2. The number of anilines is 1. The number of benzene rings is 1. The number of nitrogens with zero attached hydrogens (tertiary/aromatic N) is 1. The Morgan fingerprint density at radius 1 is 1.39 bits per heavy atom. The predicted molar refractivity (Wildman–Crippen MR) is 73.0 cm³/mol. The predicted octanol–water partition coefficient (Wildman–Crippen LogP) is 2.98. The van der Waals surface area contributed by atoms with E-state index < -0.39 is 0 Å². The number of aromatic nitrogens is 1. The molecule has 0 fully saturated rings. The molecule has 0 bridgehead atoms. The molecular formula is C12H10BrFN2OS. The van der Waals surface area contributed by atoms with Crippen molar-refractivity contribution in [2.24, 2.45) is 0 Å². The number of Topliss-reactive ketones (excluding diaryl/α,β-unsaturated/α-hetero) is 1. The molecule has 1 aromatic heterocycles. The second-order valence-corrected chi connectivity index (χ2v) is 5.65. The van der Waals surface area contributed by atoms with Gasteiger partial charge in [0.25, 0.3) is 0 Å². The Balaban J connectivity index is 2.02. The van der Waals surface area contributed by atoms with Crippen LogP contribution in [-0.2, 0) is 17.6 Å². The van der Waals surface area contributed by atoms with Crippen LogP contribution in [0.3, 0.4) is 0 Å². The lowest BCUT2D eigenvalue weighted by Gasteiger charge is -2.01. The summed E-state index contributed by atoms with van der Waals surface area (Å²) >= 11 is 4.50. The molecule has 0 aliphatic carbocycles. The summed E-state index contributed by atoms with van der Waals surface area (Å²) in [6.45, 7) is 0. The Bertz CT molecular complexity index is 565. The van der Waals surface area contributed by atoms with Crippen molar-refractivity contribution in [3.63, 3.8) is 0 Å². The molecular weight excluding hydrogens is 319 g/mol. The molecule has 0 amide bonds. The van der Waals surface area contributed by atoms with Gasteiger partial charge in [-0.1, -0.05) is 15.9 Å². The third-order valence-electron chi connectivity index (χ3n) is 2.27. The van der Waals surface area contributed by atoms with E-state index in [2.05, 4.69) is 20.9 Å². The van der Waals surface area contributed by atoms with Crippen molar-refractivity contribution in [2.45, 2.75) is 12.8 Å². The van der Waals surface area contributed by atoms with E-state index in [4.69, 9.17) is 5.73 Å². The van der Waals surface area contributed by atoms with Crippen LogP contribution in [0, 0.1) is 5.82 Å². The monoisotopic (exact) mass is 328 g/mol. The minimum atomic E-state index is -0.356. The Labute approximate surface area is 116 Å². The molecule has 1 heterocycles. The zero-order valence-electron chi connectivity index (χ0n) is 9.32. The van der Waals surface area contributed by atoms with Gasteiger partial charge in [0.15, 0.2) is 5.13 Å². The lowest BCUT2D eigenvalue weighted by Crippen LogP contribution is -2.07. The Morgan fingerprint density at radius 3 is 2.78 bits per heavy atom. The fourth-order valence-corrected chi connectivity index (χ4v) is 2.68. The van der Waals surface area contributed by atoms with Gasteiger partial charge in [-0.05, 0) is 23.8 Å². The number of halogens is 2. The van der Waals surface area contributed by atoms with Gasteiger partial charge < -0.3 is 5.73 Å². The van der Waals surface area contributed by atoms with E-state index in [1.807, 2.05) is 0 Å². The molecule has 0 saturated heterocycles. The average Bonchev–Trinajstić information content (AvgIpc) is 2.61. The summed E-state index contributed by atoms with van der Waals surface area (Å²) in [6.07, 6.45) is 0.412. The van der Waals surface area contributed by atoms with Gasteiger partial charge in [-0.25, -0.2) is 9.37 Å². The average molecular weight is 329 g/mol. The zero-order chi connectivity index (χ0) is 13.1. The van der Waals surface area contributed by atoms with Crippen LogP contribution < -0.4 is 5.73 Å². The summed E-state index contributed by atoms with van der Waals surface area (Å²) in [5, 5.41) is 2.21. The van der Waals surface area contributed by atoms with E-state index in [1.165, 1.54) is 23.5 Å². The lowest BCUT2D eigenvalue weighted by molar-refractivity contribution is -0.117. The van der Waals surface area contributed by atoms with Gasteiger partial charge in [-0.3, -0.25) is 4.79 Å². The van der Waals surface area contributed by atoms with Crippen LogP contribution >= 0.6 is 27.3 Å². The quantitative estimate of drug-likeness (QED) is 0.938. The topological polar surface area (TPSA) is 56.0 Å². The molecule has 2 N–H and O–H groups in total. The maximum Gasteiger partial charge on any atom is 0.180 e. The van der Waals surface area contributed by atoms with Crippen LogP contribution in [0.15, 0.2) is 28.1 Å². The molecule has 0 saturated carbocycles. The van der Waals surface area contributed by atoms with Crippen molar-refractivity contribution in [3.8, 4) is 0 Å². The lowest BCUT2D eigenvalue weighted by atomic mass is 10.1. The van der Waals surface area contributed by atoms with E-state index in [9.17, 15) is 9.18 Å². The largest absolute Gasteiger partial charge is 0.375 e. The van der Waals surface area contributed by atoms with Crippen LogP contribution in [0.2, 0.25) is 0 Å². The number of hydrogen-bond donors (Lipinski definition) is 1. The molecule has 1 aromatic carbocycles. The standard InChI is InChI=1S/C12H10BrFN2OS/c13-8-1-7(2-9(14)4-8)3-11(17)5-10-6-18-12(15)16-10/h1-2,4,6H,3,5H2,(H2,15,16). The third-order valence-corrected chi connectivity index (χ3v) is 3.45. The van der Waals surface area contributed by atoms with Gasteiger partial charge in [0, 0.05) is 22.7 Å². The smallest absolute Gasteiger partial charge is 0.180 e. The van der Waals surface area contributed by atoms with E-state index in [0.29, 0.717) is 20.9 Å². The molecule has 0 aliphatic heterocycles. The highest BCUT2D eigenvalue weighted by Crippen LogP contribution is 2.17. The number of thiazole rings is 1. The van der Waals surface area contributed by atoms with Crippen LogP contribution in [0.4, 0.5) is 9.52 Å². The first-order chi connectivity index (χ1) is 8.52. The van der Waals surface area contributed by atoms with Crippen LogP contribution in [0.1, 0.15) is 11.3 Å². The van der Waals surface area contributed by atoms with Crippen molar-refractivity contribution < 1.29 is 9.18 Å². The van der Waals surface area contributed by atoms with Crippen molar-refractivity contribution in [3.05, 3.63) is 45.1 Å². The van der Waals surface area contributed by atoms with Gasteiger partial charge in [0.2, 0.25) is 0 Å². The summed E-state index contributed by atoms with van der Waals surface area (Å²) in [6, 6.07) is 4.45. The SMILES string of the molecule is Nc1nc(CC(=O)Cc2cc(F)cc(Br)c2)cs1.